The topological polar surface area (TPSA) is 63.9 Å². The predicted molar refractivity (Wildman–Crippen MR) is 90.1 cm³/mol. The van der Waals surface area contributed by atoms with Crippen LogP contribution in [0, 0.1) is 0 Å². The quantitative estimate of drug-likeness (QED) is 0.659. The lowest BCUT2D eigenvalue weighted by Crippen LogP contribution is -2.31. The molecule has 0 aliphatic rings. The Hall–Kier alpha value is -2.06. The second-order valence-electron chi connectivity index (χ2n) is 5.02. The van der Waals surface area contributed by atoms with Gasteiger partial charge in [-0.2, -0.15) is 5.10 Å². The van der Waals surface area contributed by atoms with Crippen molar-refractivity contribution in [3.63, 3.8) is 0 Å². The van der Waals surface area contributed by atoms with E-state index in [1.54, 1.807) is 33.7 Å². The van der Waals surface area contributed by atoms with Crippen molar-refractivity contribution in [3.8, 4) is 0 Å². The fourth-order valence-corrected chi connectivity index (χ4v) is 3.41. The zero-order valence-electron chi connectivity index (χ0n) is 12.8. The van der Waals surface area contributed by atoms with Gasteiger partial charge >= 0.3 is 0 Å². The molecule has 23 heavy (non-hydrogen) atoms. The molecular formula is C15H17N5OS2. The number of thiazole rings is 2. The maximum absolute atomic E-state index is 12.7. The van der Waals surface area contributed by atoms with Crippen molar-refractivity contribution in [3.05, 3.63) is 51.1 Å². The lowest BCUT2D eigenvalue weighted by Gasteiger charge is -2.20. The Labute approximate surface area is 142 Å². The molecule has 3 aromatic heterocycles. The molecule has 3 aromatic rings. The standard InChI is InChI=1S/C15H17N5OS2/c1-2-20-4-3-12(18-20)5-15(21)19(8-13-6-16-10-22-13)9-14-7-17-11-23-14/h3-4,6-7,10-11H,2,5,8-9H2,1H3. The van der Waals surface area contributed by atoms with Gasteiger partial charge < -0.3 is 4.90 Å². The molecule has 0 bridgehead atoms. The van der Waals surface area contributed by atoms with Gasteiger partial charge in [0.15, 0.2) is 0 Å². The van der Waals surface area contributed by atoms with Crippen LogP contribution in [0.2, 0.25) is 0 Å². The second kappa shape index (κ2) is 7.47. The van der Waals surface area contributed by atoms with Crippen molar-refractivity contribution < 1.29 is 4.79 Å². The molecule has 0 spiro atoms. The summed E-state index contributed by atoms with van der Waals surface area (Å²) in [6, 6.07) is 1.90. The van der Waals surface area contributed by atoms with E-state index in [0.29, 0.717) is 19.5 Å². The second-order valence-corrected chi connectivity index (χ2v) is 6.97. The lowest BCUT2D eigenvalue weighted by atomic mass is 10.2. The van der Waals surface area contributed by atoms with Crippen molar-refractivity contribution in [2.24, 2.45) is 0 Å². The summed E-state index contributed by atoms with van der Waals surface area (Å²) in [5, 5.41) is 4.39. The fraction of sp³-hybridized carbons (Fsp3) is 0.333. The van der Waals surface area contributed by atoms with Crippen molar-refractivity contribution >= 4 is 28.6 Å². The molecule has 0 aromatic carbocycles. The van der Waals surface area contributed by atoms with Crippen molar-refractivity contribution in [1.29, 1.82) is 0 Å². The van der Waals surface area contributed by atoms with E-state index in [1.165, 1.54) is 0 Å². The van der Waals surface area contributed by atoms with E-state index in [4.69, 9.17) is 0 Å². The van der Waals surface area contributed by atoms with Gasteiger partial charge in [-0.3, -0.25) is 19.4 Å². The number of carbonyl (C=O) groups is 1. The maximum Gasteiger partial charge on any atom is 0.229 e. The third kappa shape index (κ3) is 4.23. The minimum Gasteiger partial charge on any atom is -0.332 e. The number of aromatic nitrogens is 4. The SMILES string of the molecule is CCn1ccc(CC(=O)N(Cc2cncs2)Cc2cncs2)n1. The third-order valence-electron chi connectivity index (χ3n) is 3.37. The molecule has 1 amide bonds. The Morgan fingerprint density at radius 3 is 2.30 bits per heavy atom. The molecule has 0 N–H and O–H groups in total. The van der Waals surface area contributed by atoms with Gasteiger partial charge in [0.2, 0.25) is 5.91 Å². The Morgan fingerprint density at radius 2 is 1.83 bits per heavy atom. The van der Waals surface area contributed by atoms with Crippen LogP contribution in [0.25, 0.3) is 0 Å². The van der Waals surface area contributed by atoms with Gasteiger partial charge in [-0.05, 0) is 13.0 Å². The Bertz CT molecular complexity index is 700. The van der Waals surface area contributed by atoms with Gasteiger partial charge in [0, 0.05) is 34.9 Å². The van der Waals surface area contributed by atoms with Gasteiger partial charge in [-0.1, -0.05) is 0 Å². The molecule has 3 rings (SSSR count). The number of rotatable bonds is 7. The molecule has 0 fully saturated rings. The van der Waals surface area contributed by atoms with Crippen LogP contribution in [-0.2, 0) is 30.8 Å². The third-order valence-corrected chi connectivity index (χ3v) is 4.89. The molecule has 8 heteroatoms. The number of hydrogen-bond acceptors (Lipinski definition) is 6. The molecule has 0 atom stereocenters. The molecule has 0 saturated heterocycles. The molecule has 3 heterocycles. The summed E-state index contributed by atoms with van der Waals surface area (Å²) in [6.45, 7) is 3.96. The Kier molecular flexibility index (Phi) is 5.14. The summed E-state index contributed by atoms with van der Waals surface area (Å²) in [4.78, 5) is 24.9. The summed E-state index contributed by atoms with van der Waals surface area (Å²) >= 11 is 3.12. The molecule has 0 unspecified atom stereocenters. The highest BCUT2D eigenvalue weighted by atomic mass is 32.1. The first-order chi connectivity index (χ1) is 11.2. The van der Waals surface area contributed by atoms with Crippen LogP contribution in [0.3, 0.4) is 0 Å². The molecule has 120 valence electrons. The van der Waals surface area contributed by atoms with Crippen LogP contribution in [-0.4, -0.2) is 30.6 Å². The van der Waals surface area contributed by atoms with Crippen LogP contribution in [0.1, 0.15) is 22.4 Å². The number of aryl methyl sites for hydroxylation is 1. The Morgan fingerprint density at radius 1 is 1.17 bits per heavy atom. The summed E-state index contributed by atoms with van der Waals surface area (Å²) in [5.74, 6) is 0.0631. The van der Waals surface area contributed by atoms with Gasteiger partial charge in [0.25, 0.3) is 0 Å². The number of carbonyl (C=O) groups excluding carboxylic acids is 1. The van der Waals surface area contributed by atoms with Crippen LogP contribution in [0.5, 0.6) is 0 Å². The lowest BCUT2D eigenvalue weighted by molar-refractivity contribution is -0.131. The number of amides is 1. The highest BCUT2D eigenvalue weighted by Crippen LogP contribution is 2.16. The smallest absolute Gasteiger partial charge is 0.229 e. The van der Waals surface area contributed by atoms with Crippen LogP contribution in [0.15, 0.2) is 35.7 Å². The first-order valence-electron chi connectivity index (χ1n) is 7.29. The highest BCUT2D eigenvalue weighted by Gasteiger charge is 2.17. The van der Waals surface area contributed by atoms with Crippen LogP contribution < -0.4 is 0 Å². The van der Waals surface area contributed by atoms with E-state index in [-0.39, 0.29) is 5.91 Å². The normalized spacial score (nSPS) is 10.8. The Balaban J connectivity index is 1.71. The largest absolute Gasteiger partial charge is 0.332 e. The van der Waals surface area contributed by atoms with E-state index < -0.39 is 0 Å². The average Bonchev–Trinajstić information content (AvgIpc) is 3.29. The average molecular weight is 347 g/mol. The number of hydrogen-bond donors (Lipinski definition) is 0. The van der Waals surface area contributed by atoms with E-state index in [2.05, 4.69) is 15.1 Å². The van der Waals surface area contributed by atoms with Gasteiger partial charge in [-0.25, -0.2) is 0 Å². The van der Waals surface area contributed by atoms with Crippen LogP contribution >= 0.6 is 22.7 Å². The van der Waals surface area contributed by atoms with E-state index in [9.17, 15) is 4.79 Å². The predicted octanol–water partition coefficient (Wildman–Crippen LogP) is 2.59. The van der Waals surface area contributed by atoms with Crippen molar-refractivity contribution in [1.82, 2.24) is 24.6 Å². The van der Waals surface area contributed by atoms with E-state index >= 15 is 0 Å². The van der Waals surface area contributed by atoms with Crippen molar-refractivity contribution in [2.45, 2.75) is 33.0 Å². The molecule has 0 aliphatic carbocycles. The summed E-state index contributed by atoms with van der Waals surface area (Å²) in [6.07, 6.45) is 5.83. The van der Waals surface area contributed by atoms with Gasteiger partial charge in [0.05, 0.1) is 36.2 Å². The maximum atomic E-state index is 12.7. The minimum atomic E-state index is 0.0631. The summed E-state index contributed by atoms with van der Waals surface area (Å²) < 4.78 is 1.83. The summed E-state index contributed by atoms with van der Waals surface area (Å²) in [7, 11) is 0. The number of nitrogens with zero attached hydrogens (tertiary/aromatic N) is 5. The molecule has 6 nitrogen and oxygen atoms in total. The minimum absolute atomic E-state index is 0.0631. The zero-order chi connectivity index (χ0) is 16.1. The van der Waals surface area contributed by atoms with Crippen LogP contribution in [0.4, 0.5) is 0 Å². The first-order valence-corrected chi connectivity index (χ1v) is 9.05. The van der Waals surface area contributed by atoms with Gasteiger partial charge in [0.1, 0.15) is 0 Å². The monoisotopic (exact) mass is 347 g/mol. The van der Waals surface area contributed by atoms with Crippen molar-refractivity contribution in [2.75, 3.05) is 0 Å². The summed E-state index contributed by atoms with van der Waals surface area (Å²) in [5.41, 5.74) is 4.37. The molecule has 0 aliphatic heterocycles. The molecule has 0 saturated carbocycles. The fourth-order valence-electron chi connectivity index (χ4n) is 2.19. The molecular weight excluding hydrogens is 330 g/mol. The van der Waals surface area contributed by atoms with E-state index in [0.717, 1.165) is 22.0 Å². The van der Waals surface area contributed by atoms with E-state index in [1.807, 2.05) is 41.2 Å². The zero-order valence-corrected chi connectivity index (χ0v) is 14.4. The first kappa shape index (κ1) is 15.8. The highest BCUT2D eigenvalue weighted by molar-refractivity contribution is 7.09. The molecule has 0 radical (unpaired) electrons. The van der Waals surface area contributed by atoms with Gasteiger partial charge in [-0.15, -0.1) is 22.7 Å².